The summed E-state index contributed by atoms with van der Waals surface area (Å²) in [5.74, 6) is -0.844. The van der Waals surface area contributed by atoms with Crippen molar-refractivity contribution in [2.24, 2.45) is 28.6 Å². The van der Waals surface area contributed by atoms with Crippen LogP contribution in [0.5, 0.6) is 0 Å². The number of allylic oxidation sites excluding steroid dienone is 4. The second kappa shape index (κ2) is 6.35. The number of fused-ring (bicyclic) bond motifs is 5. The number of ketones is 2. The third-order valence-electron chi connectivity index (χ3n) is 8.36. The number of carbonyl (C=O) groups excluding carboxylic acids is 2. The van der Waals surface area contributed by atoms with Crippen molar-refractivity contribution in [3.63, 3.8) is 0 Å². The maximum Gasteiger partial charge on any atom is 0.190 e. The Bertz CT molecular complexity index is 825. The smallest absolute Gasteiger partial charge is 0.190 e. The lowest BCUT2D eigenvalue weighted by atomic mass is 9.45. The number of nitriles is 1. The summed E-state index contributed by atoms with van der Waals surface area (Å²) in [6, 6.07) is 2.15. The van der Waals surface area contributed by atoms with E-state index in [4.69, 9.17) is 0 Å². The van der Waals surface area contributed by atoms with Gasteiger partial charge in [0.05, 0.1) is 12.2 Å². The van der Waals surface area contributed by atoms with Gasteiger partial charge in [0.15, 0.2) is 11.6 Å². The minimum atomic E-state index is -1.77. The van der Waals surface area contributed by atoms with Crippen molar-refractivity contribution in [3.05, 3.63) is 23.8 Å². The van der Waals surface area contributed by atoms with Crippen LogP contribution in [0.3, 0.4) is 0 Å². The molecule has 6 heteroatoms. The third-order valence-corrected chi connectivity index (χ3v) is 8.36. The lowest BCUT2D eigenvalue weighted by Crippen LogP contribution is -2.62. The highest BCUT2D eigenvalue weighted by Crippen LogP contribution is 2.68. The van der Waals surface area contributed by atoms with Gasteiger partial charge in [0.25, 0.3) is 0 Å². The average Bonchev–Trinajstić information content (AvgIpc) is 2.95. The lowest BCUT2D eigenvalue weighted by Gasteiger charge is -2.60. The summed E-state index contributed by atoms with van der Waals surface area (Å²) in [6.07, 6.45) is 6.76. The molecule has 1 unspecified atom stereocenters. The predicted molar refractivity (Wildman–Crippen MR) is 99.6 cm³/mol. The first-order valence-electron chi connectivity index (χ1n) is 10.1. The highest BCUT2D eigenvalue weighted by molar-refractivity contribution is 6.01. The van der Waals surface area contributed by atoms with E-state index in [1.54, 1.807) is 12.2 Å². The molecule has 3 fully saturated rings. The molecule has 0 heterocycles. The molecule has 7 atom stereocenters. The summed E-state index contributed by atoms with van der Waals surface area (Å²) in [5, 5.41) is 41.6. The van der Waals surface area contributed by atoms with Gasteiger partial charge in [-0.1, -0.05) is 18.6 Å². The van der Waals surface area contributed by atoms with E-state index in [1.807, 2.05) is 6.08 Å². The number of nitrogens with zero attached hydrogens (tertiary/aromatic N) is 1. The fourth-order valence-electron chi connectivity index (χ4n) is 7.17. The standard InChI is InChI=1S/C22H27NO5/c1-20-6-4-14(25)10-13(20)2-3-15-16-5-7-22(28,18(27)12-24)21(16,8-9-23)11-17(26)19(15)20/h4,6,10,15-17,19,24,26,28H,2-3,5,7-8,11-12H2,1H3/t15-,16-,17?,19+,20-,21-,22-/m0/s1. The topological polar surface area (TPSA) is 119 Å². The summed E-state index contributed by atoms with van der Waals surface area (Å²) in [7, 11) is 0. The monoisotopic (exact) mass is 385 g/mol. The second-order valence-corrected chi connectivity index (χ2v) is 9.27. The Morgan fingerprint density at radius 3 is 2.82 bits per heavy atom. The first-order chi connectivity index (χ1) is 13.2. The highest BCUT2D eigenvalue weighted by atomic mass is 16.3. The van der Waals surface area contributed by atoms with Crippen LogP contribution in [0.1, 0.15) is 45.4 Å². The van der Waals surface area contributed by atoms with Crippen molar-refractivity contribution in [2.75, 3.05) is 6.61 Å². The molecule has 0 saturated heterocycles. The van der Waals surface area contributed by atoms with Crippen LogP contribution in [-0.2, 0) is 9.59 Å². The van der Waals surface area contributed by atoms with Gasteiger partial charge in [0.2, 0.25) is 0 Å². The number of hydrogen-bond donors (Lipinski definition) is 3. The summed E-state index contributed by atoms with van der Waals surface area (Å²) in [4.78, 5) is 24.4. The molecule has 0 bridgehead atoms. The first-order valence-corrected chi connectivity index (χ1v) is 10.1. The molecule has 0 radical (unpaired) electrons. The second-order valence-electron chi connectivity index (χ2n) is 9.27. The molecule has 4 aliphatic rings. The Morgan fingerprint density at radius 1 is 1.39 bits per heavy atom. The number of Topliss-reactive ketones (excluding diaryl/α,β-unsaturated/α-hetero) is 1. The lowest BCUT2D eigenvalue weighted by molar-refractivity contribution is -0.182. The van der Waals surface area contributed by atoms with Crippen molar-refractivity contribution in [1.82, 2.24) is 0 Å². The maximum atomic E-state index is 12.5. The minimum absolute atomic E-state index is 0.0199. The number of rotatable bonds is 3. The molecular weight excluding hydrogens is 358 g/mol. The summed E-state index contributed by atoms with van der Waals surface area (Å²) in [5.41, 5.74) is -2.21. The van der Waals surface area contributed by atoms with Crippen LogP contribution in [0, 0.1) is 39.9 Å². The van der Waals surface area contributed by atoms with E-state index in [-0.39, 0.29) is 42.8 Å². The molecule has 0 aromatic carbocycles. The normalized spacial score (nSPS) is 46.8. The zero-order valence-electron chi connectivity index (χ0n) is 16.1. The third kappa shape index (κ3) is 2.30. The van der Waals surface area contributed by atoms with E-state index in [0.717, 1.165) is 18.4 Å². The van der Waals surface area contributed by atoms with Gasteiger partial charge in [-0.15, -0.1) is 0 Å². The molecule has 28 heavy (non-hydrogen) atoms. The Balaban J connectivity index is 1.79. The van der Waals surface area contributed by atoms with Crippen molar-refractivity contribution in [3.8, 4) is 6.07 Å². The van der Waals surface area contributed by atoms with Gasteiger partial charge in [-0.2, -0.15) is 5.26 Å². The summed E-state index contributed by atoms with van der Waals surface area (Å²) < 4.78 is 0. The van der Waals surface area contributed by atoms with E-state index >= 15 is 0 Å². The van der Waals surface area contributed by atoms with Crippen molar-refractivity contribution in [1.29, 1.82) is 5.26 Å². The molecule has 0 aromatic heterocycles. The molecule has 150 valence electrons. The largest absolute Gasteiger partial charge is 0.393 e. The molecule has 0 aliphatic heterocycles. The van der Waals surface area contributed by atoms with Crippen LogP contribution in [-0.4, -0.2) is 45.2 Å². The van der Waals surface area contributed by atoms with E-state index in [2.05, 4.69) is 13.0 Å². The van der Waals surface area contributed by atoms with Gasteiger partial charge in [-0.25, -0.2) is 0 Å². The van der Waals surface area contributed by atoms with Crippen LogP contribution < -0.4 is 0 Å². The van der Waals surface area contributed by atoms with E-state index in [0.29, 0.717) is 6.42 Å². The van der Waals surface area contributed by atoms with Crippen LogP contribution in [0.2, 0.25) is 0 Å². The maximum absolute atomic E-state index is 12.5. The van der Waals surface area contributed by atoms with Gasteiger partial charge < -0.3 is 15.3 Å². The van der Waals surface area contributed by atoms with Crippen molar-refractivity contribution in [2.45, 2.75) is 57.2 Å². The first kappa shape index (κ1) is 19.5. The molecule has 0 aromatic rings. The highest BCUT2D eigenvalue weighted by Gasteiger charge is 2.69. The Labute approximate surface area is 164 Å². The zero-order chi connectivity index (χ0) is 20.3. The number of carbonyl (C=O) groups is 2. The molecule has 3 saturated carbocycles. The molecule has 3 N–H and O–H groups in total. The van der Waals surface area contributed by atoms with Crippen LogP contribution in [0.15, 0.2) is 23.8 Å². The van der Waals surface area contributed by atoms with E-state index in [1.165, 1.54) is 0 Å². The molecule has 0 amide bonds. The predicted octanol–water partition coefficient (Wildman–Crippen LogP) is 1.45. The fraction of sp³-hybridized carbons (Fsp3) is 0.682. The summed E-state index contributed by atoms with van der Waals surface area (Å²) >= 11 is 0. The molecule has 4 aliphatic carbocycles. The van der Waals surface area contributed by atoms with Crippen molar-refractivity contribution < 1.29 is 24.9 Å². The minimum Gasteiger partial charge on any atom is -0.393 e. The number of aliphatic hydroxyl groups is 3. The quantitative estimate of drug-likeness (QED) is 0.677. The molecule has 6 nitrogen and oxygen atoms in total. The van der Waals surface area contributed by atoms with E-state index in [9.17, 15) is 30.2 Å². The average molecular weight is 385 g/mol. The van der Waals surface area contributed by atoms with E-state index < -0.39 is 34.9 Å². The summed E-state index contributed by atoms with van der Waals surface area (Å²) in [6.45, 7) is 1.29. The van der Waals surface area contributed by atoms with Crippen molar-refractivity contribution >= 4 is 11.6 Å². The van der Waals surface area contributed by atoms with Gasteiger partial charge in [0.1, 0.15) is 12.2 Å². The molecular formula is C22H27NO5. The fourth-order valence-corrected chi connectivity index (χ4v) is 7.17. The van der Waals surface area contributed by atoms with Gasteiger partial charge in [-0.3, -0.25) is 9.59 Å². The van der Waals surface area contributed by atoms with Crippen LogP contribution in [0.4, 0.5) is 0 Å². The SMILES string of the molecule is C[C@]12C=CC(=O)C=C1CC[C@H]1[C@@H]3CC[C@](O)(C(=O)CO)[C@@]3(CC#N)CC(O)[C@@H]12. The zero-order valence-corrected chi connectivity index (χ0v) is 16.1. The molecule has 4 rings (SSSR count). The van der Waals surface area contributed by atoms with Gasteiger partial charge >= 0.3 is 0 Å². The van der Waals surface area contributed by atoms with Crippen LogP contribution in [0.25, 0.3) is 0 Å². The van der Waals surface area contributed by atoms with Gasteiger partial charge in [0, 0.05) is 23.2 Å². The van der Waals surface area contributed by atoms with Gasteiger partial charge in [-0.05, 0) is 56.1 Å². The van der Waals surface area contributed by atoms with Crippen LogP contribution >= 0.6 is 0 Å². The number of aliphatic hydroxyl groups excluding tert-OH is 2. The molecule has 0 spiro atoms. The Hall–Kier alpha value is -1.81. The number of hydrogen-bond acceptors (Lipinski definition) is 6. The Morgan fingerprint density at radius 2 is 2.14 bits per heavy atom. The Kier molecular flexibility index (Phi) is 4.42.